The molecular formula is C14H17N3O. The Bertz CT molecular complexity index is 514. The number of benzene rings is 1. The van der Waals surface area contributed by atoms with E-state index >= 15 is 0 Å². The van der Waals surface area contributed by atoms with Crippen molar-refractivity contribution in [2.75, 3.05) is 5.32 Å². The maximum atomic E-state index is 5.22. The molecule has 4 nitrogen and oxygen atoms in total. The summed E-state index contributed by atoms with van der Waals surface area (Å²) in [5, 5.41) is 7.27. The lowest BCUT2D eigenvalue weighted by atomic mass is 10.2. The summed E-state index contributed by atoms with van der Waals surface area (Å²) in [7, 11) is 0. The molecule has 1 saturated carbocycles. The Balaban J connectivity index is 1.55. The van der Waals surface area contributed by atoms with E-state index in [9.17, 15) is 0 Å². The maximum absolute atomic E-state index is 5.22. The molecule has 0 radical (unpaired) electrons. The van der Waals surface area contributed by atoms with Gasteiger partial charge in [-0.2, -0.15) is 4.98 Å². The summed E-state index contributed by atoms with van der Waals surface area (Å²) in [5.41, 5.74) is 2.33. The van der Waals surface area contributed by atoms with Crippen LogP contribution in [0.5, 0.6) is 0 Å². The van der Waals surface area contributed by atoms with Gasteiger partial charge in [-0.25, -0.2) is 0 Å². The lowest BCUT2D eigenvalue weighted by Crippen LogP contribution is -2.00. The van der Waals surface area contributed by atoms with Crippen molar-refractivity contribution in [1.82, 2.24) is 10.1 Å². The van der Waals surface area contributed by atoms with Crippen LogP contribution in [0, 0.1) is 12.8 Å². The number of nitrogens with one attached hydrogen (secondary N) is 1. The number of nitrogens with zero attached hydrogens (tertiary/aromatic N) is 2. The zero-order chi connectivity index (χ0) is 12.4. The fourth-order valence-electron chi connectivity index (χ4n) is 1.87. The van der Waals surface area contributed by atoms with Gasteiger partial charge in [0, 0.05) is 12.1 Å². The third-order valence-electron chi connectivity index (χ3n) is 3.17. The number of aryl methyl sites for hydroxylation is 1. The zero-order valence-corrected chi connectivity index (χ0v) is 10.5. The lowest BCUT2D eigenvalue weighted by Gasteiger charge is -2.02. The Kier molecular flexibility index (Phi) is 3.00. The smallest absolute Gasteiger partial charge is 0.245 e. The van der Waals surface area contributed by atoms with E-state index in [1.54, 1.807) is 0 Å². The highest BCUT2D eigenvalue weighted by Gasteiger charge is 2.23. The van der Waals surface area contributed by atoms with Crippen molar-refractivity contribution in [3.05, 3.63) is 41.5 Å². The summed E-state index contributed by atoms with van der Waals surface area (Å²) in [6.45, 7) is 2.66. The van der Waals surface area contributed by atoms with Gasteiger partial charge in [-0.1, -0.05) is 22.9 Å². The van der Waals surface area contributed by atoms with E-state index in [1.807, 2.05) is 0 Å². The quantitative estimate of drug-likeness (QED) is 0.877. The molecule has 18 heavy (non-hydrogen) atoms. The number of anilines is 1. The van der Waals surface area contributed by atoms with Gasteiger partial charge in [0.05, 0.1) is 6.54 Å². The molecule has 94 valence electrons. The Hall–Kier alpha value is -1.84. The molecule has 1 fully saturated rings. The van der Waals surface area contributed by atoms with Crippen LogP contribution >= 0.6 is 0 Å². The van der Waals surface area contributed by atoms with Crippen LogP contribution < -0.4 is 5.32 Å². The highest BCUT2D eigenvalue weighted by Crippen LogP contribution is 2.31. The van der Waals surface area contributed by atoms with Crippen molar-refractivity contribution in [3.8, 4) is 0 Å². The van der Waals surface area contributed by atoms with Crippen molar-refractivity contribution >= 4 is 5.69 Å². The van der Waals surface area contributed by atoms with Crippen LogP contribution in [0.2, 0.25) is 0 Å². The predicted molar refractivity (Wildman–Crippen MR) is 69.2 cm³/mol. The Morgan fingerprint density at radius 3 is 2.78 bits per heavy atom. The van der Waals surface area contributed by atoms with E-state index in [0.717, 1.165) is 23.9 Å². The summed E-state index contributed by atoms with van der Waals surface area (Å²) in [5.74, 6) is 2.30. The SMILES string of the molecule is Cc1ccc(NCc2nc(CC3CC3)no2)cc1. The topological polar surface area (TPSA) is 51.0 Å². The van der Waals surface area contributed by atoms with Crippen molar-refractivity contribution in [2.45, 2.75) is 32.7 Å². The summed E-state index contributed by atoms with van der Waals surface area (Å²) in [6, 6.07) is 8.26. The monoisotopic (exact) mass is 243 g/mol. The standard InChI is InChI=1S/C14H17N3O/c1-10-2-6-12(7-3-10)15-9-14-16-13(17-18-14)8-11-4-5-11/h2-3,6-7,11,15H,4-5,8-9H2,1H3. The summed E-state index contributed by atoms with van der Waals surface area (Å²) >= 11 is 0. The molecule has 0 aliphatic heterocycles. The van der Waals surface area contributed by atoms with E-state index < -0.39 is 0 Å². The van der Waals surface area contributed by atoms with Gasteiger partial charge in [0.1, 0.15) is 0 Å². The van der Waals surface area contributed by atoms with Gasteiger partial charge in [-0.15, -0.1) is 0 Å². The average molecular weight is 243 g/mol. The van der Waals surface area contributed by atoms with E-state index in [1.165, 1.54) is 18.4 Å². The minimum atomic E-state index is 0.584. The molecule has 0 unspecified atom stereocenters. The van der Waals surface area contributed by atoms with Crippen LogP contribution in [-0.4, -0.2) is 10.1 Å². The molecular weight excluding hydrogens is 226 g/mol. The number of hydrogen-bond donors (Lipinski definition) is 1. The van der Waals surface area contributed by atoms with E-state index in [-0.39, 0.29) is 0 Å². The van der Waals surface area contributed by atoms with Gasteiger partial charge in [-0.05, 0) is 37.8 Å². The highest BCUT2D eigenvalue weighted by atomic mass is 16.5. The normalized spacial score (nSPS) is 14.7. The van der Waals surface area contributed by atoms with Crippen LogP contribution in [0.1, 0.15) is 30.1 Å². The summed E-state index contributed by atoms with van der Waals surface area (Å²) in [4.78, 5) is 4.38. The minimum Gasteiger partial charge on any atom is -0.376 e. The first-order valence-corrected chi connectivity index (χ1v) is 6.41. The lowest BCUT2D eigenvalue weighted by molar-refractivity contribution is 0.377. The molecule has 1 heterocycles. The molecule has 1 aliphatic carbocycles. The van der Waals surface area contributed by atoms with Crippen LogP contribution in [0.4, 0.5) is 5.69 Å². The first-order chi connectivity index (χ1) is 8.79. The highest BCUT2D eigenvalue weighted by molar-refractivity contribution is 5.44. The second-order valence-electron chi connectivity index (χ2n) is 4.97. The first-order valence-electron chi connectivity index (χ1n) is 6.41. The average Bonchev–Trinajstić information content (AvgIpc) is 3.07. The summed E-state index contributed by atoms with van der Waals surface area (Å²) < 4.78 is 5.22. The number of aromatic nitrogens is 2. The van der Waals surface area contributed by atoms with E-state index in [2.05, 4.69) is 46.6 Å². The zero-order valence-electron chi connectivity index (χ0n) is 10.5. The van der Waals surface area contributed by atoms with Crippen molar-refractivity contribution < 1.29 is 4.52 Å². The van der Waals surface area contributed by atoms with Gasteiger partial charge in [-0.3, -0.25) is 0 Å². The number of hydrogen-bond acceptors (Lipinski definition) is 4. The number of rotatable bonds is 5. The van der Waals surface area contributed by atoms with Crippen molar-refractivity contribution in [1.29, 1.82) is 0 Å². The Morgan fingerprint density at radius 1 is 1.28 bits per heavy atom. The second-order valence-corrected chi connectivity index (χ2v) is 4.97. The molecule has 1 aromatic carbocycles. The van der Waals surface area contributed by atoms with Crippen LogP contribution in [0.25, 0.3) is 0 Å². The molecule has 4 heteroatoms. The third-order valence-corrected chi connectivity index (χ3v) is 3.17. The van der Waals surface area contributed by atoms with E-state index in [0.29, 0.717) is 12.4 Å². The Labute approximate surface area is 106 Å². The maximum Gasteiger partial charge on any atom is 0.245 e. The van der Waals surface area contributed by atoms with Crippen LogP contribution in [0.3, 0.4) is 0 Å². The molecule has 0 saturated heterocycles. The minimum absolute atomic E-state index is 0.584. The van der Waals surface area contributed by atoms with Crippen molar-refractivity contribution in [2.24, 2.45) is 5.92 Å². The van der Waals surface area contributed by atoms with Gasteiger partial charge >= 0.3 is 0 Å². The molecule has 0 spiro atoms. The largest absolute Gasteiger partial charge is 0.376 e. The molecule has 1 N–H and O–H groups in total. The van der Waals surface area contributed by atoms with Gasteiger partial charge < -0.3 is 9.84 Å². The fraction of sp³-hybridized carbons (Fsp3) is 0.429. The fourth-order valence-corrected chi connectivity index (χ4v) is 1.87. The molecule has 1 aromatic heterocycles. The second kappa shape index (κ2) is 4.80. The predicted octanol–water partition coefficient (Wildman–Crippen LogP) is 2.94. The van der Waals surface area contributed by atoms with E-state index in [4.69, 9.17) is 4.52 Å². The molecule has 1 aliphatic rings. The molecule has 0 atom stereocenters. The molecule has 3 rings (SSSR count). The summed E-state index contributed by atoms with van der Waals surface area (Å²) in [6.07, 6.45) is 3.59. The van der Waals surface area contributed by atoms with Crippen molar-refractivity contribution in [3.63, 3.8) is 0 Å². The molecule has 0 bridgehead atoms. The third kappa shape index (κ3) is 2.88. The molecule has 2 aromatic rings. The van der Waals surface area contributed by atoms with Gasteiger partial charge in [0.25, 0.3) is 0 Å². The van der Waals surface area contributed by atoms with Gasteiger partial charge in [0.2, 0.25) is 5.89 Å². The van der Waals surface area contributed by atoms with Crippen LogP contribution in [0.15, 0.2) is 28.8 Å². The Morgan fingerprint density at radius 2 is 2.06 bits per heavy atom. The van der Waals surface area contributed by atoms with Gasteiger partial charge in [0.15, 0.2) is 5.82 Å². The van der Waals surface area contributed by atoms with Crippen LogP contribution in [-0.2, 0) is 13.0 Å². The first kappa shape index (κ1) is 11.3. The molecule has 0 amide bonds.